The van der Waals surface area contributed by atoms with Gasteiger partial charge < -0.3 is 5.11 Å². The summed E-state index contributed by atoms with van der Waals surface area (Å²) < 4.78 is 0. The lowest BCUT2D eigenvalue weighted by atomic mass is 10.2. The van der Waals surface area contributed by atoms with Gasteiger partial charge in [-0.1, -0.05) is 29.8 Å². The number of carboxylic acid groups (broad SMARTS) is 1. The molecule has 2 nitrogen and oxygen atoms in total. The highest BCUT2D eigenvalue weighted by Crippen LogP contribution is 2.04. The second-order valence-electron chi connectivity index (χ2n) is 2.22. The fraction of sp³-hybridized carbons (Fsp3) is 0.222. The molecule has 0 bridgehead atoms. The van der Waals surface area contributed by atoms with Gasteiger partial charge in [0.05, 0.1) is 0 Å². The first-order valence-corrected chi connectivity index (χ1v) is 3.97. The molecule has 66 valence electrons. The van der Waals surface area contributed by atoms with Gasteiger partial charge in [-0.15, -0.1) is 11.6 Å². The summed E-state index contributed by atoms with van der Waals surface area (Å²) in [7, 11) is 0. The van der Waals surface area contributed by atoms with Crippen LogP contribution in [0.15, 0.2) is 24.3 Å². The Hall–Kier alpha value is -1.02. The Kier molecular flexibility index (Phi) is 6.11. The van der Waals surface area contributed by atoms with Gasteiger partial charge >= 0.3 is 0 Å². The van der Waals surface area contributed by atoms with E-state index < -0.39 is 0 Å². The number of alkyl halides is 1. The molecule has 0 fully saturated rings. The van der Waals surface area contributed by atoms with Crippen molar-refractivity contribution in [1.29, 1.82) is 0 Å². The van der Waals surface area contributed by atoms with Gasteiger partial charge in [0.1, 0.15) is 0 Å². The van der Waals surface area contributed by atoms with Crippen LogP contribution in [0.4, 0.5) is 0 Å². The second-order valence-corrected chi connectivity index (χ2v) is 2.49. The van der Waals surface area contributed by atoms with E-state index in [4.69, 9.17) is 21.5 Å². The topological polar surface area (TPSA) is 37.3 Å². The lowest BCUT2D eigenvalue weighted by molar-refractivity contribution is -0.122. The molecule has 0 saturated heterocycles. The van der Waals surface area contributed by atoms with Gasteiger partial charge in [-0.25, -0.2) is 0 Å². The molecule has 0 saturated carbocycles. The number of carbonyl (C=O) groups is 1. The lowest BCUT2D eigenvalue weighted by Crippen LogP contribution is -1.75. The van der Waals surface area contributed by atoms with Crippen molar-refractivity contribution in [3.8, 4) is 0 Å². The molecule has 0 atom stereocenters. The minimum absolute atomic E-state index is 0.250. The first kappa shape index (κ1) is 11.0. The first-order valence-electron chi connectivity index (χ1n) is 3.44. The van der Waals surface area contributed by atoms with Crippen LogP contribution >= 0.6 is 11.6 Å². The van der Waals surface area contributed by atoms with Crippen molar-refractivity contribution in [3.05, 3.63) is 35.4 Å². The molecule has 0 heterocycles. The zero-order valence-electron chi connectivity index (χ0n) is 6.83. The molecule has 1 aromatic carbocycles. The molecule has 0 spiro atoms. The molecular formula is C9H11ClO2. The largest absolute Gasteiger partial charge is 0.483 e. The summed E-state index contributed by atoms with van der Waals surface area (Å²) >= 11 is 5.58. The summed E-state index contributed by atoms with van der Waals surface area (Å²) in [6, 6.07) is 8.22. The van der Waals surface area contributed by atoms with Crippen molar-refractivity contribution in [2.24, 2.45) is 0 Å². The highest BCUT2D eigenvalue weighted by molar-refractivity contribution is 6.17. The first-order chi connectivity index (χ1) is 5.74. The molecule has 0 aromatic heterocycles. The van der Waals surface area contributed by atoms with E-state index in [-0.39, 0.29) is 6.47 Å². The lowest BCUT2D eigenvalue weighted by Gasteiger charge is -1.93. The van der Waals surface area contributed by atoms with E-state index >= 15 is 0 Å². The molecule has 0 aliphatic carbocycles. The maximum absolute atomic E-state index is 8.36. The Balaban J connectivity index is 0.000000354. The van der Waals surface area contributed by atoms with Crippen molar-refractivity contribution in [3.63, 3.8) is 0 Å². The van der Waals surface area contributed by atoms with Gasteiger partial charge in [-0.3, -0.25) is 4.79 Å². The molecule has 0 unspecified atom stereocenters. The smallest absolute Gasteiger partial charge is 0.290 e. The van der Waals surface area contributed by atoms with Crippen LogP contribution in [0.5, 0.6) is 0 Å². The highest BCUT2D eigenvalue weighted by Gasteiger charge is 1.86. The van der Waals surface area contributed by atoms with Crippen LogP contribution in [-0.4, -0.2) is 11.6 Å². The van der Waals surface area contributed by atoms with E-state index in [1.54, 1.807) is 0 Å². The normalized spacial score (nSPS) is 8.17. The van der Waals surface area contributed by atoms with Gasteiger partial charge in [0.2, 0.25) is 0 Å². The summed E-state index contributed by atoms with van der Waals surface area (Å²) in [6.07, 6.45) is 0. The minimum atomic E-state index is -0.250. The van der Waals surface area contributed by atoms with Gasteiger partial charge in [0, 0.05) is 5.88 Å². The van der Waals surface area contributed by atoms with E-state index in [2.05, 4.69) is 19.1 Å². The van der Waals surface area contributed by atoms with Crippen LogP contribution < -0.4 is 0 Å². The number of benzene rings is 1. The summed E-state index contributed by atoms with van der Waals surface area (Å²) in [6.45, 7) is 1.82. The number of rotatable bonds is 1. The van der Waals surface area contributed by atoms with Crippen LogP contribution in [0, 0.1) is 6.92 Å². The Labute approximate surface area is 76.8 Å². The molecule has 1 N–H and O–H groups in total. The van der Waals surface area contributed by atoms with E-state index in [9.17, 15) is 0 Å². The SMILES string of the molecule is Cc1ccc(CCl)cc1.O=CO. The maximum atomic E-state index is 8.36. The zero-order valence-corrected chi connectivity index (χ0v) is 7.58. The van der Waals surface area contributed by atoms with Crippen LogP contribution in [0.3, 0.4) is 0 Å². The van der Waals surface area contributed by atoms with Crippen LogP contribution in [0.25, 0.3) is 0 Å². The molecule has 1 rings (SSSR count). The summed E-state index contributed by atoms with van der Waals surface area (Å²) in [5.41, 5.74) is 2.46. The van der Waals surface area contributed by atoms with Crippen LogP contribution in [0.2, 0.25) is 0 Å². The summed E-state index contributed by atoms with van der Waals surface area (Å²) in [5.74, 6) is 0.611. The number of hydrogen-bond acceptors (Lipinski definition) is 1. The highest BCUT2D eigenvalue weighted by atomic mass is 35.5. The third kappa shape index (κ3) is 4.74. The number of halogens is 1. The third-order valence-corrected chi connectivity index (χ3v) is 1.58. The maximum Gasteiger partial charge on any atom is 0.290 e. The van der Waals surface area contributed by atoms with Crippen molar-refractivity contribution in [2.45, 2.75) is 12.8 Å². The van der Waals surface area contributed by atoms with Crippen LogP contribution in [-0.2, 0) is 10.7 Å². The fourth-order valence-electron chi connectivity index (χ4n) is 0.677. The van der Waals surface area contributed by atoms with E-state index in [0.717, 1.165) is 0 Å². The molecule has 0 radical (unpaired) electrons. The Bertz CT molecular complexity index is 218. The quantitative estimate of drug-likeness (QED) is 0.540. The Morgan fingerprint density at radius 1 is 1.42 bits per heavy atom. The third-order valence-electron chi connectivity index (χ3n) is 1.27. The predicted molar refractivity (Wildman–Crippen MR) is 49.4 cm³/mol. The second kappa shape index (κ2) is 6.68. The molecule has 0 amide bonds. The number of aryl methyl sites for hydroxylation is 1. The van der Waals surface area contributed by atoms with Gasteiger partial charge in [-0.2, -0.15) is 0 Å². The Morgan fingerprint density at radius 3 is 2.17 bits per heavy atom. The van der Waals surface area contributed by atoms with Crippen molar-refractivity contribution in [1.82, 2.24) is 0 Å². The van der Waals surface area contributed by atoms with Crippen molar-refractivity contribution >= 4 is 18.1 Å². The molecule has 1 aromatic rings. The molecular weight excluding hydrogens is 176 g/mol. The van der Waals surface area contributed by atoms with E-state index in [0.29, 0.717) is 5.88 Å². The van der Waals surface area contributed by atoms with Crippen LogP contribution in [0.1, 0.15) is 11.1 Å². The average molecular weight is 187 g/mol. The average Bonchev–Trinajstić information content (AvgIpc) is 2.07. The number of hydrogen-bond donors (Lipinski definition) is 1. The molecule has 0 aliphatic rings. The van der Waals surface area contributed by atoms with Crippen molar-refractivity contribution in [2.75, 3.05) is 0 Å². The molecule has 0 aliphatic heterocycles. The van der Waals surface area contributed by atoms with Gasteiger partial charge in [0.25, 0.3) is 6.47 Å². The summed E-state index contributed by atoms with van der Waals surface area (Å²) in [4.78, 5) is 8.36. The predicted octanol–water partition coefficient (Wildman–Crippen LogP) is 2.43. The minimum Gasteiger partial charge on any atom is -0.483 e. The van der Waals surface area contributed by atoms with Gasteiger partial charge in [0.15, 0.2) is 0 Å². The monoisotopic (exact) mass is 186 g/mol. The Morgan fingerprint density at radius 2 is 1.83 bits per heavy atom. The van der Waals surface area contributed by atoms with E-state index in [1.807, 2.05) is 12.1 Å². The fourth-order valence-corrected chi connectivity index (χ4v) is 0.855. The molecule has 3 heteroatoms. The summed E-state index contributed by atoms with van der Waals surface area (Å²) in [5, 5.41) is 6.89. The zero-order chi connectivity index (χ0) is 9.40. The van der Waals surface area contributed by atoms with Gasteiger partial charge in [-0.05, 0) is 12.5 Å². The van der Waals surface area contributed by atoms with E-state index in [1.165, 1.54) is 11.1 Å². The molecule has 12 heavy (non-hydrogen) atoms. The standard InChI is InChI=1S/C8H9Cl.CH2O2/c1-7-2-4-8(6-9)5-3-7;2-1-3/h2-5H,6H2,1H3;1H,(H,2,3). The van der Waals surface area contributed by atoms with Crippen molar-refractivity contribution < 1.29 is 9.90 Å².